The first-order valence-electron chi connectivity index (χ1n) is 20.3. The molecule has 8 heteroatoms. The highest BCUT2D eigenvalue weighted by Crippen LogP contribution is 2.25. The maximum Gasteiger partial charge on any atom is 0.306 e. The number of carbonyl (C=O) groups is 1. The second kappa shape index (κ2) is 29.9. The number of unbranched alkanes of at least 4 members (excludes halogenated alkanes) is 18. The number of aliphatic hydroxyl groups is 4. The fourth-order valence-corrected chi connectivity index (χ4v) is 6.54. The summed E-state index contributed by atoms with van der Waals surface area (Å²) in [7, 11) is 0. The number of aliphatic hydroxyl groups excluding tert-OH is 4. The van der Waals surface area contributed by atoms with E-state index in [2.05, 4.69) is 27.7 Å². The Hall–Kier alpha value is -0.770. The summed E-state index contributed by atoms with van der Waals surface area (Å²) in [5.41, 5.74) is 0. The average molecular weight is 687 g/mol. The summed E-state index contributed by atoms with van der Waals surface area (Å²) in [4.78, 5) is 12.6. The van der Waals surface area contributed by atoms with Gasteiger partial charge in [0.05, 0.1) is 13.2 Å². The molecule has 0 heterocycles. The van der Waals surface area contributed by atoms with E-state index in [1.165, 1.54) is 116 Å². The highest BCUT2D eigenvalue weighted by Gasteiger charge is 2.49. The van der Waals surface area contributed by atoms with Gasteiger partial charge in [-0.1, -0.05) is 163 Å². The molecule has 1 aliphatic carbocycles. The van der Waals surface area contributed by atoms with Crippen molar-refractivity contribution < 1.29 is 39.4 Å². The van der Waals surface area contributed by atoms with Crippen LogP contribution < -0.4 is 0 Å². The fourth-order valence-electron chi connectivity index (χ4n) is 6.54. The molecule has 4 N–H and O–H groups in total. The Morgan fingerprint density at radius 3 is 1.48 bits per heavy atom. The molecule has 0 aromatic rings. The van der Waals surface area contributed by atoms with E-state index in [0.29, 0.717) is 13.0 Å². The monoisotopic (exact) mass is 687 g/mol. The third-order valence-corrected chi connectivity index (χ3v) is 10.1. The van der Waals surface area contributed by atoms with Gasteiger partial charge in [-0.2, -0.15) is 0 Å². The Bertz CT molecular complexity index is 720. The molecule has 1 aliphatic rings. The van der Waals surface area contributed by atoms with E-state index in [-0.39, 0.29) is 19.2 Å². The Morgan fingerprint density at radius 1 is 0.562 bits per heavy atom. The molecule has 6 atom stereocenters. The molecule has 0 amide bonds. The van der Waals surface area contributed by atoms with Gasteiger partial charge in [0.25, 0.3) is 0 Å². The molecule has 0 bridgehead atoms. The molecule has 0 aromatic heterocycles. The number of hydrogen-bond donors (Lipinski definition) is 4. The van der Waals surface area contributed by atoms with Crippen molar-refractivity contribution in [1.29, 1.82) is 0 Å². The van der Waals surface area contributed by atoms with E-state index in [4.69, 9.17) is 14.2 Å². The van der Waals surface area contributed by atoms with Crippen LogP contribution in [0.5, 0.6) is 0 Å². The van der Waals surface area contributed by atoms with Gasteiger partial charge in [-0.25, -0.2) is 0 Å². The lowest BCUT2D eigenvalue weighted by Crippen LogP contribution is -2.39. The third-order valence-electron chi connectivity index (χ3n) is 10.1. The zero-order valence-corrected chi connectivity index (χ0v) is 31.6. The van der Waals surface area contributed by atoms with Crippen LogP contribution in [0.2, 0.25) is 0 Å². The van der Waals surface area contributed by atoms with Gasteiger partial charge in [0.15, 0.2) is 0 Å². The largest absolute Gasteiger partial charge is 0.457 e. The molecule has 0 spiro atoms. The Labute approximate surface area is 295 Å². The number of esters is 1. The Balaban J connectivity index is 2.22. The smallest absolute Gasteiger partial charge is 0.306 e. The van der Waals surface area contributed by atoms with E-state index in [9.17, 15) is 25.2 Å². The van der Waals surface area contributed by atoms with E-state index in [1.807, 2.05) is 0 Å². The van der Waals surface area contributed by atoms with Crippen molar-refractivity contribution in [3.63, 3.8) is 0 Å². The van der Waals surface area contributed by atoms with Gasteiger partial charge < -0.3 is 34.6 Å². The Morgan fingerprint density at radius 2 is 1.00 bits per heavy atom. The summed E-state index contributed by atoms with van der Waals surface area (Å²) < 4.78 is 17.2. The van der Waals surface area contributed by atoms with Gasteiger partial charge in [0.1, 0.15) is 36.6 Å². The van der Waals surface area contributed by atoms with Crippen LogP contribution in [0.1, 0.15) is 182 Å². The Kier molecular flexibility index (Phi) is 28.2. The zero-order valence-electron chi connectivity index (χ0n) is 31.6. The van der Waals surface area contributed by atoms with Crippen LogP contribution in [0.25, 0.3) is 0 Å². The number of ether oxygens (including phenoxy) is 3. The molecule has 286 valence electrons. The highest BCUT2D eigenvalue weighted by atomic mass is 16.6. The van der Waals surface area contributed by atoms with Crippen LogP contribution in [0.4, 0.5) is 0 Å². The van der Waals surface area contributed by atoms with E-state index in [1.54, 1.807) is 0 Å². The molecular formula is C40H78O8. The predicted octanol–water partition coefficient (Wildman–Crippen LogP) is 8.43. The van der Waals surface area contributed by atoms with Crippen LogP contribution in [-0.4, -0.2) is 82.8 Å². The quantitative estimate of drug-likeness (QED) is 0.0401. The van der Waals surface area contributed by atoms with E-state index >= 15 is 0 Å². The van der Waals surface area contributed by atoms with Crippen molar-refractivity contribution in [3.05, 3.63) is 0 Å². The maximum absolute atomic E-state index is 12.6. The van der Waals surface area contributed by atoms with Crippen molar-refractivity contribution in [2.24, 2.45) is 11.8 Å². The molecule has 6 unspecified atom stereocenters. The van der Waals surface area contributed by atoms with Gasteiger partial charge in [-0.05, 0) is 24.7 Å². The predicted molar refractivity (Wildman–Crippen MR) is 195 cm³/mol. The van der Waals surface area contributed by atoms with Gasteiger partial charge in [0, 0.05) is 13.0 Å². The number of rotatable bonds is 33. The molecule has 0 saturated heterocycles. The summed E-state index contributed by atoms with van der Waals surface area (Å²) in [5, 5.41) is 40.1. The fraction of sp³-hybridized carbons (Fsp3) is 0.975. The molecule has 0 aliphatic heterocycles. The minimum Gasteiger partial charge on any atom is -0.457 e. The second-order valence-corrected chi connectivity index (χ2v) is 15.3. The topological polar surface area (TPSA) is 126 Å². The van der Waals surface area contributed by atoms with Crippen molar-refractivity contribution in [2.45, 2.75) is 218 Å². The number of hydrogen-bond acceptors (Lipinski definition) is 8. The van der Waals surface area contributed by atoms with Crippen molar-refractivity contribution >= 4 is 5.97 Å². The lowest BCUT2D eigenvalue weighted by atomic mass is 9.99. The van der Waals surface area contributed by atoms with Gasteiger partial charge >= 0.3 is 5.97 Å². The van der Waals surface area contributed by atoms with Gasteiger partial charge in [-0.15, -0.1) is 0 Å². The minimum atomic E-state index is -1.49. The summed E-state index contributed by atoms with van der Waals surface area (Å²) >= 11 is 0. The van der Waals surface area contributed by atoms with Crippen molar-refractivity contribution in [1.82, 2.24) is 0 Å². The molecule has 48 heavy (non-hydrogen) atoms. The maximum atomic E-state index is 12.6. The highest BCUT2D eigenvalue weighted by molar-refractivity contribution is 5.69. The van der Waals surface area contributed by atoms with Crippen LogP contribution in [-0.2, 0) is 19.0 Å². The minimum absolute atomic E-state index is 0.0982. The molecule has 1 rings (SSSR count). The third kappa shape index (κ3) is 22.8. The molecule has 1 saturated carbocycles. The number of carbonyl (C=O) groups excluding carboxylic acids is 1. The molecular weight excluding hydrogens is 608 g/mol. The molecule has 8 nitrogen and oxygen atoms in total. The standard InChI is InChI=1S/C40H78O8/c1-5-33(4)27-23-19-15-11-9-12-16-20-24-28-35(41)48-34(31-47-40-38(44)36(42)37(43)39(40)45)30-46-29-25-21-17-13-8-6-7-10-14-18-22-26-32(2)3/h32-34,36-40,42-45H,5-31H2,1-4H3. The summed E-state index contributed by atoms with van der Waals surface area (Å²) in [6.45, 7) is 9.83. The average Bonchev–Trinajstić information content (AvgIpc) is 3.24. The SMILES string of the molecule is CCC(C)CCCCCCCCCCCC(=O)OC(COCCCCCCCCCCCCCC(C)C)COC1C(O)C(O)C(O)C1O. The van der Waals surface area contributed by atoms with Crippen LogP contribution in [0.3, 0.4) is 0 Å². The lowest BCUT2D eigenvalue weighted by Gasteiger charge is -2.24. The summed E-state index contributed by atoms with van der Waals surface area (Å²) in [6.07, 6.45) is 21.2. The normalized spacial score (nSPS) is 22.4. The molecule has 0 radical (unpaired) electrons. The first-order valence-corrected chi connectivity index (χ1v) is 20.3. The van der Waals surface area contributed by atoms with Crippen molar-refractivity contribution in [3.8, 4) is 0 Å². The van der Waals surface area contributed by atoms with Gasteiger partial charge in [-0.3, -0.25) is 4.79 Å². The molecule has 1 fully saturated rings. The zero-order chi connectivity index (χ0) is 35.4. The van der Waals surface area contributed by atoms with E-state index in [0.717, 1.165) is 43.9 Å². The van der Waals surface area contributed by atoms with Gasteiger partial charge in [0.2, 0.25) is 0 Å². The van der Waals surface area contributed by atoms with Crippen LogP contribution >= 0.6 is 0 Å². The molecule has 0 aromatic carbocycles. The van der Waals surface area contributed by atoms with Crippen LogP contribution in [0.15, 0.2) is 0 Å². The first-order chi connectivity index (χ1) is 23.2. The van der Waals surface area contributed by atoms with Crippen LogP contribution in [0, 0.1) is 11.8 Å². The van der Waals surface area contributed by atoms with E-state index < -0.39 is 36.6 Å². The second-order valence-electron chi connectivity index (χ2n) is 15.3. The summed E-state index contributed by atoms with van der Waals surface area (Å²) in [5.74, 6) is 1.36. The van der Waals surface area contributed by atoms with Crippen molar-refractivity contribution in [2.75, 3.05) is 19.8 Å². The lowest BCUT2D eigenvalue weighted by molar-refractivity contribution is -0.163. The first kappa shape index (κ1) is 45.3. The summed E-state index contributed by atoms with van der Waals surface area (Å²) in [6, 6.07) is 0.